The molecule has 0 atom stereocenters. The summed E-state index contributed by atoms with van der Waals surface area (Å²) < 4.78 is 0.699. The molecule has 0 spiro atoms. The molecular formula is C14H13BrClNO. The molecular weight excluding hydrogens is 314 g/mol. The van der Waals surface area contributed by atoms with Gasteiger partial charge in [-0.2, -0.15) is 0 Å². The van der Waals surface area contributed by atoms with Crippen LogP contribution < -0.4 is 5.32 Å². The summed E-state index contributed by atoms with van der Waals surface area (Å²) in [7, 11) is 0. The minimum Gasteiger partial charge on any atom is -0.507 e. The number of hydrogen-bond acceptors (Lipinski definition) is 2. The maximum atomic E-state index is 9.42. The van der Waals surface area contributed by atoms with E-state index in [9.17, 15) is 5.11 Å². The molecule has 0 aliphatic carbocycles. The Kier molecular flexibility index (Phi) is 4.15. The number of benzene rings is 2. The lowest BCUT2D eigenvalue weighted by Gasteiger charge is -2.10. The van der Waals surface area contributed by atoms with Crippen molar-refractivity contribution in [1.82, 2.24) is 0 Å². The molecule has 0 unspecified atom stereocenters. The number of aryl methyl sites for hydroxylation is 1. The van der Waals surface area contributed by atoms with E-state index < -0.39 is 0 Å². The highest BCUT2D eigenvalue weighted by molar-refractivity contribution is 9.10. The van der Waals surface area contributed by atoms with Crippen LogP contribution in [0.2, 0.25) is 5.02 Å². The summed E-state index contributed by atoms with van der Waals surface area (Å²) >= 11 is 9.26. The van der Waals surface area contributed by atoms with Crippen LogP contribution in [0, 0.1) is 6.92 Å². The molecule has 0 aliphatic heterocycles. The van der Waals surface area contributed by atoms with E-state index in [4.69, 9.17) is 11.6 Å². The summed E-state index contributed by atoms with van der Waals surface area (Å²) in [5.74, 6) is 0.248. The predicted molar refractivity (Wildman–Crippen MR) is 79.3 cm³/mol. The maximum absolute atomic E-state index is 9.42. The third-order valence-electron chi connectivity index (χ3n) is 2.69. The molecule has 0 aliphatic rings. The van der Waals surface area contributed by atoms with E-state index in [1.807, 2.05) is 37.3 Å². The first-order valence-electron chi connectivity index (χ1n) is 5.53. The summed E-state index contributed by atoms with van der Waals surface area (Å²) in [4.78, 5) is 0. The normalized spacial score (nSPS) is 10.4. The zero-order valence-corrected chi connectivity index (χ0v) is 12.2. The van der Waals surface area contributed by atoms with E-state index >= 15 is 0 Å². The molecule has 18 heavy (non-hydrogen) atoms. The Labute approximate surface area is 120 Å². The third-order valence-corrected chi connectivity index (χ3v) is 3.56. The second-order valence-electron chi connectivity index (χ2n) is 4.10. The van der Waals surface area contributed by atoms with E-state index in [-0.39, 0.29) is 5.75 Å². The lowest BCUT2D eigenvalue weighted by atomic mass is 10.1. The van der Waals surface area contributed by atoms with E-state index in [1.165, 1.54) is 0 Å². The van der Waals surface area contributed by atoms with Crippen LogP contribution in [0.1, 0.15) is 11.1 Å². The summed E-state index contributed by atoms with van der Waals surface area (Å²) in [5, 5.41) is 13.5. The fourth-order valence-electron chi connectivity index (χ4n) is 1.64. The van der Waals surface area contributed by atoms with Crippen LogP contribution in [-0.4, -0.2) is 5.11 Å². The number of nitrogens with one attached hydrogen (secondary N) is 1. The number of anilines is 1. The van der Waals surface area contributed by atoms with Crippen molar-refractivity contribution < 1.29 is 5.11 Å². The zero-order valence-electron chi connectivity index (χ0n) is 9.87. The molecule has 0 bridgehead atoms. The molecule has 2 N–H and O–H groups in total. The smallest absolute Gasteiger partial charge is 0.129 e. The first-order valence-corrected chi connectivity index (χ1v) is 6.71. The highest BCUT2D eigenvalue weighted by Gasteiger charge is 2.02. The Hall–Kier alpha value is -1.19. The van der Waals surface area contributed by atoms with Crippen LogP contribution in [0.3, 0.4) is 0 Å². The van der Waals surface area contributed by atoms with Gasteiger partial charge < -0.3 is 10.4 Å². The van der Waals surface area contributed by atoms with Crippen LogP contribution >= 0.6 is 27.5 Å². The predicted octanol–water partition coefficient (Wildman–Crippen LogP) is 4.73. The molecule has 2 rings (SSSR count). The molecule has 4 heteroatoms. The zero-order chi connectivity index (χ0) is 13.1. The first kappa shape index (κ1) is 13.2. The van der Waals surface area contributed by atoms with Crippen LogP contribution in [0.4, 0.5) is 5.69 Å². The van der Waals surface area contributed by atoms with Crippen LogP contribution in [-0.2, 0) is 6.54 Å². The summed E-state index contributed by atoms with van der Waals surface area (Å²) in [6.07, 6.45) is 0. The van der Waals surface area contributed by atoms with Crippen molar-refractivity contribution in [3.8, 4) is 5.75 Å². The van der Waals surface area contributed by atoms with Gasteiger partial charge in [-0.3, -0.25) is 0 Å². The molecule has 0 saturated carbocycles. The van der Waals surface area contributed by atoms with Crippen molar-refractivity contribution in [2.75, 3.05) is 5.32 Å². The van der Waals surface area contributed by atoms with Gasteiger partial charge in [-0.1, -0.05) is 23.7 Å². The molecule has 94 valence electrons. The van der Waals surface area contributed by atoms with Gasteiger partial charge >= 0.3 is 0 Å². The van der Waals surface area contributed by atoms with E-state index in [0.717, 1.165) is 21.8 Å². The van der Waals surface area contributed by atoms with Gasteiger partial charge in [0.25, 0.3) is 0 Å². The largest absolute Gasteiger partial charge is 0.507 e. The highest BCUT2D eigenvalue weighted by atomic mass is 79.9. The van der Waals surface area contributed by atoms with Gasteiger partial charge in [0, 0.05) is 17.3 Å². The summed E-state index contributed by atoms with van der Waals surface area (Å²) in [5.41, 5.74) is 3.25. The molecule has 0 amide bonds. The Balaban J connectivity index is 2.11. The van der Waals surface area contributed by atoms with E-state index in [1.54, 1.807) is 6.07 Å². The molecule has 2 aromatic rings. The Morgan fingerprint density at radius 3 is 2.72 bits per heavy atom. The van der Waals surface area contributed by atoms with E-state index in [2.05, 4.69) is 21.2 Å². The standard InChI is InChI=1S/C14H13BrClNO/c1-9-2-4-11(16)7-13(9)17-8-10-3-5-14(18)12(15)6-10/h2-7,17-18H,8H2,1H3. The SMILES string of the molecule is Cc1ccc(Cl)cc1NCc1ccc(O)c(Br)c1. The second kappa shape index (κ2) is 5.63. The molecule has 0 radical (unpaired) electrons. The topological polar surface area (TPSA) is 32.3 Å². The minimum absolute atomic E-state index is 0.248. The van der Waals surface area contributed by atoms with Gasteiger partial charge in [0.2, 0.25) is 0 Å². The monoisotopic (exact) mass is 325 g/mol. The minimum atomic E-state index is 0.248. The third kappa shape index (κ3) is 3.18. The van der Waals surface area contributed by atoms with Crippen molar-refractivity contribution in [1.29, 1.82) is 0 Å². The molecule has 0 heterocycles. The summed E-state index contributed by atoms with van der Waals surface area (Å²) in [6.45, 7) is 2.71. The fourth-order valence-corrected chi connectivity index (χ4v) is 2.24. The fraction of sp³-hybridized carbons (Fsp3) is 0.143. The number of phenolic OH excluding ortho intramolecular Hbond substituents is 1. The molecule has 0 aromatic heterocycles. The maximum Gasteiger partial charge on any atom is 0.129 e. The van der Waals surface area contributed by atoms with Crippen molar-refractivity contribution in [3.63, 3.8) is 0 Å². The van der Waals surface area contributed by atoms with Crippen LogP contribution in [0.5, 0.6) is 5.75 Å². The summed E-state index contributed by atoms with van der Waals surface area (Å²) in [6, 6.07) is 11.2. The van der Waals surface area contributed by atoms with Crippen molar-refractivity contribution >= 4 is 33.2 Å². The van der Waals surface area contributed by atoms with Gasteiger partial charge in [-0.05, 0) is 58.2 Å². The van der Waals surface area contributed by atoms with Crippen molar-refractivity contribution in [2.24, 2.45) is 0 Å². The number of hydrogen-bond donors (Lipinski definition) is 2. The Morgan fingerprint density at radius 1 is 1.22 bits per heavy atom. The number of aromatic hydroxyl groups is 1. The number of rotatable bonds is 3. The Bertz CT molecular complexity index is 572. The van der Waals surface area contributed by atoms with Gasteiger partial charge in [0.1, 0.15) is 5.75 Å². The van der Waals surface area contributed by atoms with Crippen molar-refractivity contribution in [3.05, 3.63) is 57.0 Å². The highest BCUT2D eigenvalue weighted by Crippen LogP contribution is 2.25. The van der Waals surface area contributed by atoms with Gasteiger partial charge in [0.05, 0.1) is 4.47 Å². The lowest BCUT2D eigenvalue weighted by Crippen LogP contribution is -2.00. The molecule has 2 nitrogen and oxygen atoms in total. The van der Waals surface area contributed by atoms with Gasteiger partial charge in [-0.15, -0.1) is 0 Å². The Morgan fingerprint density at radius 2 is 2.00 bits per heavy atom. The van der Waals surface area contributed by atoms with E-state index in [0.29, 0.717) is 11.0 Å². The quantitative estimate of drug-likeness (QED) is 0.854. The molecule has 2 aromatic carbocycles. The van der Waals surface area contributed by atoms with Crippen LogP contribution in [0.15, 0.2) is 40.9 Å². The number of halogens is 2. The lowest BCUT2D eigenvalue weighted by molar-refractivity contribution is 0.471. The second-order valence-corrected chi connectivity index (χ2v) is 5.39. The van der Waals surface area contributed by atoms with Crippen LogP contribution in [0.25, 0.3) is 0 Å². The average molecular weight is 327 g/mol. The van der Waals surface area contributed by atoms with Crippen molar-refractivity contribution in [2.45, 2.75) is 13.5 Å². The first-order chi connectivity index (χ1) is 8.56. The van der Waals surface area contributed by atoms with Gasteiger partial charge in [0.15, 0.2) is 0 Å². The van der Waals surface area contributed by atoms with Gasteiger partial charge in [-0.25, -0.2) is 0 Å². The number of phenols is 1. The average Bonchev–Trinajstić information content (AvgIpc) is 2.34. The molecule has 0 saturated heterocycles. The molecule has 0 fully saturated rings.